The van der Waals surface area contributed by atoms with Gasteiger partial charge < -0.3 is 0 Å². The zero-order valence-corrected chi connectivity index (χ0v) is 10.9. The standard InChI is InChI=1S/C13H11IN2/c14-16-12-9-5-4-8-11(12)15-13(16)10-6-2-1-3-7-10/h1-2,4-6,8-9H,3,7H2. The molecule has 0 bridgehead atoms. The summed E-state index contributed by atoms with van der Waals surface area (Å²) in [5.74, 6) is 1.09. The smallest absolute Gasteiger partial charge is 0.145 e. The quantitative estimate of drug-likeness (QED) is 0.727. The van der Waals surface area contributed by atoms with Gasteiger partial charge in [0.25, 0.3) is 0 Å². The second-order valence-corrected chi connectivity index (χ2v) is 4.83. The van der Waals surface area contributed by atoms with Gasteiger partial charge >= 0.3 is 0 Å². The third-order valence-electron chi connectivity index (χ3n) is 2.81. The molecule has 0 saturated carbocycles. The molecule has 80 valence electrons. The third-order valence-corrected chi connectivity index (χ3v) is 3.78. The summed E-state index contributed by atoms with van der Waals surface area (Å²) in [6, 6.07) is 8.26. The van der Waals surface area contributed by atoms with Gasteiger partial charge in [0.1, 0.15) is 5.82 Å². The molecule has 0 radical (unpaired) electrons. The van der Waals surface area contributed by atoms with Crippen molar-refractivity contribution in [1.29, 1.82) is 0 Å². The summed E-state index contributed by atoms with van der Waals surface area (Å²) in [7, 11) is 0. The second-order valence-electron chi connectivity index (χ2n) is 3.86. The van der Waals surface area contributed by atoms with Crippen LogP contribution in [0.1, 0.15) is 18.7 Å². The topological polar surface area (TPSA) is 17.8 Å². The first-order valence-electron chi connectivity index (χ1n) is 5.36. The summed E-state index contributed by atoms with van der Waals surface area (Å²) in [6.07, 6.45) is 8.69. The molecule has 0 fully saturated rings. The van der Waals surface area contributed by atoms with Gasteiger partial charge in [-0.3, -0.25) is 2.78 Å². The summed E-state index contributed by atoms with van der Waals surface area (Å²) < 4.78 is 2.15. The normalized spacial score (nSPS) is 15.4. The molecule has 2 aromatic rings. The Hall–Kier alpha value is -1.10. The molecule has 0 amide bonds. The van der Waals surface area contributed by atoms with Crippen LogP contribution in [-0.2, 0) is 0 Å². The number of aromatic nitrogens is 2. The van der Waals surface area contributed by atoms with Crippen LogP contribution in [0.5, 0.6) is 0 Å². The average Bonchev–Trinajstić information content (AvgIpc) is 2.69. The number of halogens is 1. The summed E-state index contributed by atoms with van der Waals surface area (Å²) >= 11 is 2.33. The number of nitrogens with zero attached hydrogens (tertiary/aromatic N) is 2. The lowest BCUT2D eigenvalue weighted by Crippen LogP contribution is -1.94. The van der Waals surface area contributed by atoms with Crippen LogP contribution in [0.2, 0.25) is 0 Å². The van der Waals surface area contributed by atoms with E-state index in [0.29, 0.717) is 0 Å². The molecular weight excluding hydrogens is 311 g/mol. The van der Waals surface area contributed by atoms with Gasteiger partial charge in [-0.2, -0.15) is 0 Å². The largest absolute Gasteiger partial charge is 0.264 e. The molecule has 0 atom stereocenters. The highest BCUT2D eigenvalue weighted by Gasteiger charge is 2.12. The van der Waals surface area contributed by atoms with Gasteiger partial charge in [-0.15, -0.1) is 0 Å². The minimum atomic E-state index is 1.07. The van der Waals surface area contributed by atoms with Crippen molar-refractivity contribution in [2.45, 2.75) is 12.8 Å². The molecule has 2 nitrogen and oxygen atoms in total. The van der Waals surface area contributed by atoms with E-state index in [1.165, 1.54) is 11.1 Å². The Kier molecular flexibility index (Phi) is 2.55. The molecule has 3 heteroatoms. The molecule has 1 heterocycles. The minimum Gasteiger partial charge on any atom is -0.264 e. The highest BCUT2D eigenvalue weighted by molar-refractivity contribution is 14.1. The van der Waals surface area contributed by atoms with Crippen LogP contribution in [0.25, 0.3) is 16.6 Å². The Morgan fingerprint density at radius 1 is 1.25 bits per heavy atom. The summed E-state index contributed by atoms with van der Waals surface area (Å²) in [5.41, 5.74) is 3.59. The van der Waals surface area contributed by atoms with Crippen molar-refractivity contribution < 1.29 is 0 Å². The van der Waals surface area contributed by atoms with Crippen LogP contribution in [0, 0.1) is 0 Å². The fourth-order valence-electron chi connectivity index (χ4n) is 1.98. The van der Waals surface area contributed by atoms with Gasteiger partial charge in [0, 0.05) is 0 Å². The molecule has 0 saturated heterocycles. The van der Waals surface area contributed by atoms with Gasteiger partial charge in [0.15, 0.2) is 0 Å². The lowest BCUT2D eigenvalue weighted by atomic mass is 10.1. The van der Waals surface area contributed by atoms with Crippen molar-refractivity contribution in [2.24, 2.45) is 0 Å². The number of hydrogen-bond donors (Lipinski definition) is 0. The maximum atomic E-state index is 4.69. The lowest BCUT2D eigenvalue weighted by Gasteiger charge is -2.07. The van der Waals surface area contributed by atoms with Gasteiger partial charge in [-0.05, 0) is 30.5 Å². The van der Waals surface area contributed by atoms with E-state index in [1.807, 2.05) is 6.07 Å². The Morgan fingerprint density at radius 3 is 2.88 bits per heavy atom. The van der Waals surface area contributed by atoms with Crippen LogP contribution in [-0.4, -0.2) is 7.76 Å². The first-order chi connectivity index (χ1) is 7.86. The number of imidazole rings is 1. The highest BCUT2D eigenvalue weighted by Crippen LogP contribution is 2.28. The number of para-hydroxylation sites is 2. The Morgan fingerprint density at radius 2 is 2.12 bits per heavy atom. The van der Waals surface area contributed by atoms with Gasteiger partial charge in [0.2, 0.25) is 0 Å². The van der Waals surface area contributed by atoms with Crippen molar-refractivity contribution >= 4 is 39.5 Å². The zero-order chi connectivity index (χ0) is 11.0. The van der Waals surface area contributed by atoms with Gasteiger partial charge in [-0.25, -0.2) is 4.98 Å². The average molecular weight is 322 g/mol. The number of rotatable bonds is 1. The fourth-order valence-corrected chi connectivity index (χ4v) is 2.81. The van der Waals surface area contributed by atoms with E-state index in [0.717, 1.165) is 24.2 Å². The molecule has 0 aliphatic heterocycles. The molecule has 1 aliphatic carbocycles. The van der Waals surface area contributed by atoms with E-state index < -0.39 is 0 Å². The van der Waals surface area contributed by atoms with E-state index in [2.05, 4.69) is 67.1 Å². The Bertz CT molecular complexity index is 593. The predicted molar refractivity (Wildman–Crippen MR) is 75.5 cm³/mol. The number of benzene rings is 1. The monoisotopic (exact) mass is 322 g/mol. The van der Waals surface area contributed by atoms with E-state index in [1.54, 1.807) is 0 Å². The van der Waals surface area contributed by atoms with Crippen LogP contribution in [0.15, 0.2) is 42.5 Å². The second kappa shape index (κ2) is 4.05. The van der Waals surface area contributed by atoms with Crippen LogP contribution >= 0.6 is 22.9 Å². The molecule has 1 aromatic carbocycles. The van der Waals surface area contributed by atoms with Crippen molar-refractivity contribution in [3.63, 3.8) is 0 Å². The molecule has 0 N–H and O–H groups in total. The molecule has 0 spiro atoms. The molecule has 16 heavy (non-hydrogen) atoms. The molecule has 1 aliphatic rings. The third kappa shape index (κ3) is 1.59. The number of hydrogen-bond acceptors (Lipinski definition) is 1. The zero-order valence-electron chi connectivity index (χ0n) is 8.73. The SMILES string of the molecule is In1c(C2=CC=CCC2)nc2ccccc21. The van der Waals surface area contributed by atoms with Crippen molar-refractivity contribution in [1.82, 2.24) is 7.76 Å². The lowest BCUT2D eigenvalue weighted by molar-refractivity contribution is 1.03. The van der Waals surface area contributed by atoms with E-state index in [-0.39, 0.29) is 0 Å². The number of fused-ring (bicyclic) bond motifs is 1. The molecular formula is C13H11IN2. The fraction of sp³-hybridized carbons (Fsp3) is 0.154. The van der Waals surface area contributed by atoms with Crippen LogP contribution in [0.3, 0.4) is 0 Å². The first kappa shape index (κ1) is 10.1. The molecule has 0 unspecified atom stereocenters. The molecule has 1 aromatic heterocycles. The minimum absolute atomic E-state index is 1.07. The summed E-state index contributed by atoms with van der Waals surface area (Å²) in [4.78, 5) is 4.69. The number of allylic oxidation sites excluding steroid dienone is 4. The Labute approximate surface area is 108 Å². The van der Waals surface area contributed by atoms with Gasteiger partial charge in [-0.1, -0.05) is 30.4 Å². The maximum Gasteiger partial charge on any atom is 0.145 e. The van der Waals surface area contributed by atoms with E-state index in [4.69, 9.17) is 0 Å². The van der Waals surface area contributed by atoms with Crippen molar-refractivity contribution in [2.75, 3.05) is 0 Å². The predicted octanol–water partition coefficient (Wildman–Crippen LogP) is 3.97. The van der Waals surface area contributed by atoms with E-state index in [9.17, 15) is 0 Å². The van der Waals surface area contributed by atoms with E-state index >= 15 is 0 Å². The highest BCUT2D eigenvalue weighted by atomic mass is 127. The Balaban J connectivity index is 2.20. The van der Waals surface area contributed by atoms with Crippen molar-refractivity contribution in [3.8, 4) is 0 Å². The first-order valence-corrected chi connectivity index (χ1v) is 6.32. The summed E-state index contributed by atoms with van der Waals surface area (Å²) in [6.45, 7) is 0. The van der Waals surface area contributed by atoms with Gasteiger partial charge in [0.05, 0.1) is 33.9 Å². The van der Waals surface area contributed by atoms with Crippen molar-refractivity contribution in [3.05, 3.63) is 48.3 Å². The summed E-state index contributed by atoms with van der Waals surface area (Å²) in [5, 5.41) is 0. The maximum absolute atomic E-state index is 4.69. The van der Waals surface area contributed by atoms with Crippen LogP contribution < -0.4 is 0 Å². The van der Waals surface area contributed by atoms with Crippen LogP contribution in [0.4, 0.5) is 0 Å². The molecule has 3 rings (SSSR count).